The van der Waals surface area contributed by atoms with Gasteiger partial charge < -0.3 is 9.13 Å². The highest BCUT2D eigenvalue weighted by Gasteiger charge is 2.47. The monoisotopic (exact) mass is 745 g/mol. The number of alkyl halides is 2. The third kappa shape index (κ3) is 5.20. The van der Waals surface area contributed by atoms with Crippen LogP contribution in [0.3, 0.4) is 0 Å². The summed E-state index contributed by atoms with van der Waals surface area (Å²) in [7, 11) is 0. The predicted molar refractivity (Wildman–Crippen MR) is 231 cm³/mol. The molecular weight excluding hydrogens is 705 g/mol. The Hall–Kier alpha value is -6.51. The fourth-order valence-corrected chi connectivity index (χ4v) is 8.92. The van der Waals surface area contributed by atoms with Gasteiger partial charge in [-0.25, -0.2) is 0 Å². The summed E-state index contributed by atoms with van der Waals surface area (Å²) in [6.07, 6.45) is 0. The standard InChI is InChI=1S/C52H41F2N3/c1-50(2,3)36-19-22-43-40(27-36)38-20-17-34(32-13-9-7-10-14-32)25-44(38)56(43)46-23-31(30-55)24-47-48(46)52(53,54)42-29-37(51(4,5)6)28-41-39-21-18-35(33-15-11-8-12-16-33)26-45(39)57(47)49(41)42/h7-29H,1-6H3. The van der Waals surface area contributed by atoms with Gasteiger partial charge in [0.1, 0.15) is 0 Å². The molecule has 278 valence electrons. The van der Waals surface area contributed by atoms with Crippen molar-refractivity contribution in [3.8, 4) is 39.7 Å². The van der Waals surface area contributed by atoms with E-state index in [-0.39, 0.29) is 16.5 Å². The fourth-order valence-electron chi connectivity index (χ4n) is 8.92. The zero-order valence-corrected chi connectivity index (χ0v) is 32.9. The second-order valence-electron chi connectivity index (χ2n) is 17.6. The van der Waals surface area contributed by atoms with Crippen molar-refractivity contribution in [1.82, 2.24) is 9.13 Å². The van der Waals surface area contributed by atoms with Gasteiger partial charge in [-0.15, -0.1) is 0 Å². The highest BCUT2D eigenvalue weighted by Crippen LogP contribution is 2.54. The normalized spacial score (nSPS) is 13.7. The van der Waals surface area contributed by atoms with Crippen LogP contribution in [-0.4, -0.2) is 9.13 Å². The SMILES string of the molecule is CC(C)(C)c1ccc2c(c1)c1ccc(-c3ccccc3)cc1n2-c1cc(C#N)cc2c1C(F)(F)c1cc(C(C)(C)C)cc3c4ccc(-c5ccccc5)cc4n-2c13. The van der Waals surface area contributed by atoms with E-state index in [4.69, 9.17) is 0 Å². The third-order valence-corrected chi connectivity index (χ3v) is 11.9. The van der Waals surface area contributed by atoms with E-state index < -0.39 is 11.3 Å². The summed E-state index contributed by atoms with van der Waals surface area (Å²) in [5, 5.41) is 14.3. The van der Waals surface area contributed by atoms with Crippen molar-refractivity contribution >= 4 is 43.6 Å². The van der Waals surface area contributed by atoms with Crippen molar-refractivity contribution < 1.29 is 8.78 Å². The summed E-state index contributed by atoms with van der Waals surface area (Å²) in [5.41, 5.74) is 9.18. The Balaban J connectivity index is 1.37. The van der Waals surface area contributed by atoms with E-state index in [1.165, 1.54) is 0 Å². The minimum Gasteiger partial charge on any atom is -0.309 e. The molecule has 0 unspecified atom stereocenters. The zero-order valence-electron chi connectivity index (χ0n) is 32.9. The van der Waals surface area contributed by atoms with Crippen LogP contribution in [0.5, 0.6) is 0 Å². The first-order valence-electron chi connectivity index (χ1n) is 19.5. The largest absolute Gasteiger partial charge is 0.309 e. The van der Waals surface area contributed by atoms with Crippen LogP contribution in [0.25, 0.3) is 77.2 Å². The smallest absolute Gasteiger partial charge is 0.304 e. The maximum Gasteiger partial charge on any atom is 0.304 e. The van der Waals surface area contributed by atoms with E-state index in [1.54, 1.807) is 18.2 Å². The lowest BCUT2D eigenvalue weighted by Gasteiger charge is -2.32. The zero-order chi connectivity index (χ0) is 39.6. The van der Waals surface area contributed by atoms with Crippen molar-refractivity contribution in [3.63, 3.8) is 0 Å². The van der Waals surface area contributed by atoms with Crippen LogP contribution in [0.4, 0.5) is 8.78 Å². The van der Waals surface area contributed by atoms with Crippen molar-refractivity contribution in [2.24, 2.45) is 0 Å². The number of hydrogen-bond acceptors (Lipinski definition) is 1. The molecule has 3 heterocycles. The molecule has 7 aromatic carbocycles. The first kappa shape index (κ1) is 34.9. The summed E-state index contributed by atoms with van der Waals surface area (Å²) in [6, 6.07) is 48.7. The summed E-state index contributed by atoms with van der Waals surface area (Å²) in [6.45, 7) is 12.8. The van der Waals surface area contributed by atoms with E-state index in [0.717, 1.165) is 71.5 Å². The van der Waals surface area contributed by atoms with Gasteiger partial charge in [-0.05, 0) is 92.7 Å². The summed E-state index contributed by atoms with van der Waals surface area (Å²) in [5.74, 6) is -3.42. The van der Waals surface area contributed by atoms with Crippen molar-refractivity contribution in [2.75, 3.05) is 0 Å². The van der Waals surface area contributed by atoms with Gasteiger partial charge in [-0.1, -0.05) is 133 Å². The quantitative estimate of drug-likeness (QED) is 0.177. The Kier molecular flexibility index (Phi) is 7.35. The van der Waals surface area contributed by atoms with Crippen molar-refractivity contribution in [2.45, 2.75) is 58.3 Å². The average molecular weight is 746 g/mol. The molecule has 10 rings (SSSR count). The number of hydrogen-bond donors (Lipinski definition) is 0. The Morgan fingerprint density at radius 3 is 1.58 bits per heavy atom. The first-order valence-corrected chi connectivity index (χ1v) is 19.5. The molecule has 9 aromatic rings. The van der Waals surface area contributed by atoms with E-state index in [2.05, 4.69) is 133 Å². The Labute approximate surface area is 331 Å². The van der Waals surface area contributed by atoms with Gasteiger partial charge in [0, 0.05) is 21.5 Å². The van der Waals surface area contributed by atoms with E-state index in [9.17, 15) is 5.26 Å². The topological polar surface area (TPSA) is 33.6 Å². The molecule has 0 bridgehead atoms. The molecule has 1 aliphatic heterocycles. The molecule has 1 aliphatic rings. The Morgan fingerprint density at radius 2 is 1.02 bits per heavy atom. The molecule has 0 saturated heterocycles. The van der Waals surface area contributed by atoms with Gasteiger partial charge in [0.15, 0.2) is 0 Å². The summed E-state index contributed by atoms with van der Waals surface area (Å²) in [4.78, 5) is 0. The molecule has 0 radical (unpaired) electrons. The summed E-state index contributed by atoms with van der Waals surface area (Å²) < 4.78 is 40.5. The third-order valence-electron chi connectivity index (χ3n) is 11.9. The Morgan fingerprint density at radius 1 is 0.491 bits per heavy atom. The van der Waals surface area contributed by atoms with Crippen LogP contribution in [0, 0.1) is 11.3 Å². The van der Waals surface area contributed by atoms with Gasteiger partial charge in [-0.3, -0.25) is 0 Å². The molecule has 0 N–H and O–H groups in total. The lowest BCUT2D eigenvalue weighted by Crippen LogP contribution is -2.27. The summed E-state index contributed by atoms with van der Waals surface area (Å²) >= 11 is 0. The molecule has 3 nitrogen and oxygen atoms in total. The number of benzene rings is 7. The van der Waals surface area contributed by atoms with Crippen molar-refractivity contribution in [1.29, 1.82) is 5.26 Å². The van der Waals surface area contributed by atoms with E-state index >= 15 is 8.78 Å². The molecule has 57 heavy (non-hydrogen) atoms. The molecule has 0 atom stereocenters. The highest BCUT2D eigenvalue weighted by molar-refractivity contribution is 6.14. The number of aromatic nitrogens is 2. The molecular formula is C52H41F2N3. The number of fused-ring (bicyclic) bond motifs is 8. The molecule has 0 aliphatic carbocycles. The minimum atomic E-state index is -3.42. The van der Waals surface area contributed by atoms with E-state index in [0.29, 0.717) is 22.5 Å². The van der Waals surface area contributed by atoms with Crippen LogP contribution in [0.15, 0.2) is 140 Å². The number of nitrogens with zero attached hydrogens (tertiary/aromatic N) is 3. The van der Waals surface area contributed by atoms with Gasteiger partial charge in [0.2, 0.25) is 0 Å². The fraction of sp³-hybridized carbons (Fsp3) is 0.173. The van der Waals surface area contributed by atoms with Crippen LogP contribution in [0.1, 0.15) is 69.4 Å². The van der Waals surface area contributed by atoms with Crippen LogP contribution < -0.4 is 0 Å². The predicted octanol–water partition coefficient (Wildman–Crippen LogP) is 14.1. The lowest BCUT2D eigenvalue weighted by molar-refractivity contribution is 0.0425. The second-order valence-corrected chi connectivity index (χ2v) is 17.6. The van der Waals surface area contributed by atoms with Crippen molar-refractivity contribution in [3.05, 3.63) is 167 Å². The molecule has 5 heteroatoms. The van der Waals surface area contributed by atoms with Crippen LogP contribution >= 0.6 is 0 Å². The molecule has 0 spiro atoms. The number of rotatable bonds is 3. The van der Waals surface area contributed by atoms with E-state index in [1.807, 2.05) is 45.5 Å². The maximum atomic E-state index is 18.2. The van der Waals surface area contributed by atoms with Crippen LogP contribution in [0.2, 0.25) is 0 Å². The lowest BCUT2D eigenvalue weighted by atomic mass is 9.82. The molecule has 0 saturated carbocycles. The van der Waals surface area contributed by atoms with Gasteiger partial charge in [0.25, 0.3) is 0 Å². The highest BCUT2D eigenvalue weighted by atomic mass is 19.3. The molecule has 0 fully saturated rings. The minimum absolute atomic E-state index is 0.0263. The number of nitriles is 1. The molecule has 0 amide bonds. The molecule has 2 aromatic heterocycles. The van der Waals surface area contributed by atoms with Gasteiger partial charge >= 0.3 is 5.92 Å². The van der Waals surface area contributed by atoms with Crippen LogP contribution in [-0.2, 0) is 16.8 Å². The van der Waals surface area contributed by atoms with Gasteiger partial charge in [-0.2, -0.15) is 14.0 Å². The number of halogens is 2. The maximum absolute atomic E-state index is 18.2. The first-order chi connectivity index (χ1) is 27.2. The Bertz CT molecular complexity index is 3160. The second kappa shape index (κ2) is 12.0. The van der Waals surface area contributed by atoms with Gasteiger partial charge in [0.05, 0.1) is 56.2 Å². The average Bonchev–Trinajstić information content (AvgIpc) is 3.71.